The van der Waals surface area contributed by atoms with Crippen LogP contribution in [0.1, 0.15) is 25.2 Å². The molecule has 0 bridgehead atoms. The number of aryl methyl sites for hydroxylation is 1. The minimum absolute atomic E-state index is 0.184. The van der Waals surface area contributed by atoms with Crippen LogP contribution >= 0.6 is 15.9 Å². The number of halogens is 1. The molecule has 16 heavy (non-hydrogen) atoms. The number of nitrogens with zero attached hydrogens (tertiary/aromatic N) is 4. The van der Waals surface area contributed by atoms with Crippen molar-refractivity contribution in [2.24, 2.45) is 7.05 Å². The normalized spacial score (nSPS) is 11.8. The van der Waals surface area contributed by atoms with Crippen molar-refractivity contribution < 1.29 is 0 Å². The van der Waals surface area contributed by atoms with E-state index in [9.17, 15) is 0 Å². The Balaban J connectivity index is 2.51. The van der Waals surface area contributed by atoms with Crippen LogP contribution in [0.4, 0.5) is 0 Å². The standard InChI is InChI=1S/C11H13BrN4/c1-11(2,10-15-14-7-16(10)3)8-4-5-13-9(12)6-8/h4-7H,1-3H3. The van der Waals surface area contributed by atoms with Crippen LogP contribution in [-0.4, -0.2) is 19.7 Å². The minimum Gasteiger partial charge on any atom is -0.320 e. The zero-order valence-corrected chi connectivity index (χ0v) is 11.1. The van der Waals surface area contributed by atoms with Gasteiger partial charge in [-0.1, -0.05) is 0 Å². The molecule has 0 aliphatic carbocycles. The Hall–Kier alpha value is -1.23. The van der Waals surface area contributed by atoms with E-state index in [0.29, 0.717) is 0 Å². The summed E-state index contributed by atoms with van der Waals surface area (Å²) in [6.45, 7) is 4.25. The molecule has 2 aromatic rings. The van der Waals surface area contributed by atoms with E-state index in [4.69, 9.17) is 0 Å². The molecular formula is C11H13BrN4. The third kappa shape index (κ3) is 1.87. The van der Waals surface area contributed by atoms with Gasteiger partial charge in [-0.2, -0.15) is 0 Å². The van der Waals surface area contributed by atoms with Crippen LogP contribution in [-0.2, 0) is 12.5 Å². The number of pyridine rings is 1. The summed E-state index contributed by atoms with van der Waals surface area (Å²) in [5.74, 6) is 0.936. The van der Waals surface area contributed by atoms with Crippen molar-refractivity contribution in [1.29, 1.82) is 0 Å². The zero-order chi connectivity index (χ0) is 11.8. The first-order valence-corrected chi connectivity index (χ1v) is 5.77. The molecule has 0 unspecified atom stereocenters. The molecule has 2 heterocycles. The monoisotopic (exact) mass is 280 g/mol. The smallest absolute Gasteiger partial charge is 0.142 e. The molecule has 2 rings (SSSR count). The van der Waals surface area contributed by atoms with Gasteiger partial charge < -0.3 is 4.57 Å². The molecule has 0 aromatic carbocycles. The highest BCUT2D eigenvalue weighted by Gasteiger charge is 2.28. The summed E-state index contributed by atoms with van der Waals surface area (Å²) in [7, 11) is 1.95. The summed E-state index contributed by atoms with van der Waals surface area (Å²) in [4.78, 5) is 4.13. The van der Waals surface area contributed by atoms with Crippen molar-refractivity contribution >= 4 is 15.9 Å². The van der Waals surface area contributed by atoms with E-state index in [-0.39, 0.29) is 5.41 Å². The van der Waals surface area contributed by atoms with Gasteiger partial charge in [0.2, 0.25) is 0 Å². The molecule has 2 aromatic heterocycles. The summed E-state index contributed by atoms with van der Waals surface area (Å²) in [5, 5.41) is 8.09. The van der Waals surface area contributed by atoms with Crippen molar-refractivity contribution in [3.05, 3.63) is 40.6 Å². The summed E-state index contributed by atoms with van der Waals surface area (Å²) in [6, 6.07) is 4.01. The second-order valence-electron chi connectivity index (χ2n) is 4.26. The fourth-order valence-corrected chi connectivity index (χ4v) is 2.13. The average molecular weight is 281 g/mol. The zero-order valence-electron chi connectivity index (χ0n) is 9.48. The molecule has 0 saturated heterocycles. The maximum atomic E-state index is 4.17. The summed E-state index contributed by atoms with van der Waals surface area (Å²) in [6.07, 6.45) is 3.50. The van der Waals surface area contributed by atoms with Crippen molar-refractivity contribution in [2.45, 2.75) is 19.3 Å². The van der Waals surface area contributed by atoms with E-state index in [1.807, 2.05) is 23.7 Å². The lowest BCUT2D eigenvalue weighted by Gasteiger charge is -2.23. The number of aromatic nitrogens is 4. The Morgan fingerprint density at radius 1 is 1.38 bits per heavy atom. The highest BCUT2D eigenvalue weighted by Crippen LogP contribution is 2.30. The molecule has 0 radical (unpaired) electrons. The summed E-state index contributed by atoms with van der Waals surface area (Å²) < 4.78 is 2.77. The molecule has 0 spiro atoms. The Morgan fingerprint density at radius 2 is 2.12 bits per heavy atom. The second kappa shape index (κ2) is 3.97. The molecule has 4 nitrogen and oxygen atoms in total. The highest BCUT2D eigenvalue weighted by atomic mass is 79.9. The number of hydrogen-bond donors (Lipinski definition) is 0. The molecular weight excluding hydrogens is 268 g/mol. The lowest BCUT2D eigenvalue weighted by Crippen LogP contribution is -2.23. The van der Waals surface area contributed by atoms with Crippen molar-refractivity contribution in [3.8, 4) is 0 Å². The first kappa shape index (κ1) is 11.3. The molecule has 0 amide bonds. The molecule has 0 fully saturated rings. The Bertz CT molecular complexity index is 504. The van der Waals surface area contributed by atoms with Crippen molar-refractivity contribution in [3.63, 3.8) is 0 Å². The van der Waals surface area contributed by atoms with Gasteiger partial charge >= 0.3 is 0 Å². The van der Waals surface area contributed by atoms with Gasteiger partial charge in [0, 0.05) is 18.7 Å². The lowest BCUT2D eigenvalue weighted by molar-refractivity contribution is 0.559. The van der Waals surface area contributed by atoms with Gasteiger partial charge in [-0.05, 0) is 47.5 Å². The van der Waals surface area contributed by atoms with Gasteiger partial charge in [0.05, 0.1) is 0 Å². The van der Waals surface area contributed by atoms with E-state index in [1.165, 1.54) is 0 Å². The fourth-order valence-electron chi connectivity index (χ4n) is 1.77. The first-order chi connectivity index (χ1) is 7.51. The van der Waals surface area contributed by atoms with E-state index in [0.717, 1.165) is 16.0 Å². The first-order valence-electron chi connectivity index (χ1n) is 4.98. The molecule has 84 valence electrons. The van der Waals surface area contributed by atoms with Crippen LogP contribution in [0.3, 0.4) is 0 Å². The van der Waals surface area contributed by atoms with E-state index < -0.39 is 0 Å². The molecule has 0 saturated carbocycles. The second-order valence-corrected chi connectivity index (χ2v) is 5.07. The maximum Gasteiger partial charge on any atom is 0.142 e. The summed E-state index contributed by atoms with van der Waals surface area (Å²) in [5.41, 5.74) is 0.974. The lowest BCUT2D eigenvalue weighted by atomic mass is 9.84. The van der Waals surface area contributed by atoms with Crippen LogP contribution in [0.2, 0.25) is 0 Å². The van der Waals surface area contributed by atoms with Gasteiger partial charge in [-0.15, -0.1) is 10.2 Å². The van der Waals surface area contributed by atoms with Gasteiger partial charge in [-0.25, -0.2) is 4.98 Å². The van der Waals surface area contributed by atoms with Gasteiger partial charge in [-0.3, -0.25) is 0 Å². The van der Waals surface area contributed by atoms with Crippen molar-refractivity contribution in [2.75, 3.05) is 0 Å². The summed E-state index contributed by atoms with van der Waals surface area (Å²) >= 11 is 3.38. The predicted molar refractivity (Wildman–Crippen MR) is 65.1 cm³/mol. The van der Waals surface area contributed by atoms with Crippen LogP contribution in [0.15, 0.2) is 29.3 Å². The Kier molecular flexibility index (Phi) is 2.80. The van der Waals surface area contributed by atoms with Crippen LogP contribution < -0.4 is 0 Å². The average Bonchev–Trinajstić information content (AvgIpc) is 2.65. The topological polar surface area (TPSA) is 43.6 Å². The highest BCUT2D eigenvalue weighted by molar-refractivity contribution is 9.10. The third-order valence-electron chi connectivity index (χ3n) is 2.72. The fraction of sp³-hybridized carbons (Fsp3) is 0.364. The molecule has 0 N–H and O–H groups in total. The van der Waals surface area contributed by atoms with Crippen LogP contribution in [0, 0.1) is 0 Å². The molecule has 0 aliphatic heterocycles. The third-order valence-corrected chi connectivity index (χ3v) is 3.15. The van der Waals surface area contributed by atoms with Gasteiger partial charge in [0.15, 0.2) is 0 Å². The Morgan fingerprint density at radius 3 is 2.69 bits per heavy atom. The molecule has 0 atom stereocenters. The number of hydrogen-bond acceptors (Lipinski definition) is 3. The van der Waals surface area contributed by atoms with E-state index in [2.05, 4.69) is 45.0 Å². The SMILES string of the molecule is Cn1cnnc1C(C)(C)c1ccnc(Br)c1. The van der Waals surface area contributed by atoms with Gasteiger partial charge in [0.1, 0.15) is 16.8 Å². The maximum absolute atomic E-state index is 4.17. The molecule has 5 heteroatoms. The Labute approximate surface area is 103 Å². The van der Waals surface area contributed by atoms with Crippen LogP contribution in [0.5, 0.6) is 0 Å². The van der Waals surface area contributed by atoms with Gasteiger partial charge in [0.25, 0.3) is 0 Å². The molecule has 0 aliphatic rings. The van der Waals surface area contributed by atoms with E-state index >= 15 is 0 Å². The largest absolute Gasteiger partial charge is 0.320 e. The number of rotatable bonds is 2. The quantitative estimate of drug-likeness (QED) is 0.793. The van der Waals surface area contributed by atoms with E-state index in [1.54, 1.807) is 12.5 Å². The minimum atomic E-state index is -0.184. The predicted octanol–water partition coefficient (Wildman–Crippen LogP) is 2.30. The van der Waals surface area contributed by atoms with Crippen LogP contribution in [0.25, 0.3) is 0 Å². The van der Waals surface area contributed by atoms with Crippen molar-refractivity contribution in [1.82, 2.24) is 19.7 Å².